The number of ether oxygens (including phenoxy) is 1. The van der Waals surface area contributed by atoms with Gasteiger partial charge in [-0.25, -0.2) is 9.97 Å². The number of rotatable bonds is 4. The van der Waals surface area contributed by atoms with Gasteiger partial charge in [-0.15, -0.1) is 11.6 Å². The number of para-hydroxylation sites is 1. The maximum Gasteiger partial charge on any atom is 0.168 e. The van der Waals surface area contributed by atoms with Crippen molar-refractivity contribution in [3.05, 3.63) is 48.0 Å². The third-order valence-corrected chi connectivity index (χ3v) is 2.72. The molecule has 0 N–H and O–H groups in total. The Kier molecular flexibility index (Phi) is 4.15. The summed E-state index contributed by atoms with van der Waals surface area (Å²) < 4.78 is 5.73. The molecule has 2 rings (SSSR count). The Labute approximate surface area is 112 Å². The molecule has 0 spiro atoms. The summed E-state index contributed by atoms with van der Waals surface area (Å²) in [5.74, 6) is 2.74. The summed E-state index contributed by atoms with van der Waals surface area (Å²) in [4.78, 5) is 8.71. The Balaban J connectivity index is 2.28. The molecule has 0 unspecified atom stereocenters. The van der Waals surface area contributed by atoms with E-state index < -0.39 is 0 Å². The van der Waals surface area contributed by atoms with Crippen molar-refractivity contribution in [1.82, 2.24) is 9.97 Å². The van der Waals surface area contributed by atoms with Gasteiger partial charge in [-0.05, 0) is 12.1 Å². The minimum absolute atomic E-state index is 0.276. The maximum absolute atomic E-state index is 5.90. The topological polar surface area (TPSA) is 35.0 Å². The lowest BCUT2D eigenvalue weighted by Crippen LogP contribution is -2.02. The smallest absolute Gasteiger partial charge is 0.168 e. The van der Waals surface area contributed by atoms with E-state index in [1.807, 2.05) is 44.2 Å². The van der Waals surface area contributed by atoms with Gasteiger partial charge in [0.05, 0.1) is 12.1 Å². The largest absolute Gasteiger partial charge is 0.454 e. The van der Waals surface area contributed by atoms with Crippen LogP contribution in [0.1, 0.15) is 31.3 Å². The number of aromatic nitrogens is 2. The molecule has 1 aromatic heterocycles. The van der Waals surface area contributed by atoms with Crippen molar-refractivity contribution in [3.63, 3.8) is 0 Å². The van der Waals surface area contributed by atoms with E-state index in [2.05, 4.69) is 9.97 Å². The minimum Gasteiger partial charge on any atom is -0.454 e. The van der Waals surface area contributed by atoms with Gasteiger partial charge in [-0.3, -0.25) is 0 Å². The summed E-state index contributed by atoms with van der Waals surface area (Å²) >= 11 is 5.90. The molecule has 0 atom stereocenters. The summed E-state index contributed by atoms with van der Waals surface area (Å²) in [6.07, 6.45) is 1.69. The van der Waals surface area contributed by atoms with Gasteiger partial charge in [0.25, 0.3) is 0 Å². The maximum atomic E-state index is 5.90. The summed E-state index contributed by atoms with van der Waals surface area (Å²) in [7, 11) is 0. The molecule has 0 fully saturated rings. The van der Waals surface area contributed by atoms with Gasteiger partial charge < -0.3 is 4.74 Å². The fourth-order valence-corrected chi connectivity index (χ4v) is 1.69. The van der Waals surface area contributed by atoms with E-state index in [1.54, 1.807) is 6.20 Å². The van der Waals surface area contributed by atoms with Gasteiger partial charge in [0.2, 0.25) is 0 Å². The van der Waals surface area contributed by atoms with E-state index in [4.69, 9.17) is 16.3 Å². The van der Waals surface area contributed by atoms with Crippen molar-refractivity contribution in [2.45, 2.75) is 25.6 Å². The van der Waals surface area contributed by atoms with E-state index in [1.165, 1.54) is 0 Å². The highest BCUT2D eigenvalue weighted by molar-refractivity contribution is 6.17. The van der Waals surface area contributed by atoms with E-state index in [0.29, 0.717) is 11.6 Å². The van der Waals surface area contributed by atoms with Crippen LogP contribution in [0.4, 0.5) is 0 Å². The van der Waals surface area contributed by atoms with Crippen LogP contribution in [0, 0.1) is 0 Å². The molecule has 0 aliphatic carbocycles. The van der Waals surface area contributed by atoms with Gasteiger partial charge in [-0.2, -0.15) is 0 Å². The molecule has 3 nitrogen and oxygen atoms in total. The number of hydrogen-bond donors (Lipinski definition) is 0. The van der Waals surface area contributed by atoms with Crippen molar-refractivity contribution >= 4 is 11.6 Å². The van der Waals surface area contributed by atoms with Gasteiger partial charge in [-0.1, -0.05) is 32.0 Å². The zero-order valence-electron chi connectivity index (χ0n) is 10.4. The first-order valence-electron chi connectivity index (χ1n) is 5.85. The van der Waals surface area contributed by atoms with Crippen molar-refractivity contribution in [2.24, 2.45) is 0 Å². The van der Waals surface area contributed by atoms with Gasteiger partial charge in [0.15, 0.2) is 5.75 Å². The average Bonchev–Trinajstić information content (AvgIpc) is 2.40. The Bertz CT molecular complexity index is 514. The second-order valence-electron chi connectivity index (χ2n) is 4.24. The lowest BCUT2D eigenvalue weighted by molar-refractivity contribution is 0.470. The van der Waals surface area contributed by atoms with Crippen molar-refractivity contribution in [3.8, 4) is 11.5 Å². The minimum atomic E-state index is 0.276. The summed E-state index contributed by atoms with van der Waals surface area (Å²) in [6, 6.07) is 9.54. The second kappa shape index (κ2) is 5.83. The van der Waals surface area contributed by atoms with Crippen LogP contribution in [0.25, 0.3) is 0 Å². The molecule has 0 aliphatic rings. The third-order valence-electron chi connectivity index (χ3n) is 2.46. The highest BCUT2D eigenvalue weighted by atomic mass is 35.5. The molecule has 0 saturated carbocycles. The molecule has 1 aromatic carbocycles. The van der Waals surface area contributed by atoms with Gasteiger partial charge >= 0.3 is 0 Å². The average molecular weight is 263 g/mol. The second-order valence-corrected chi connectivity index (χ2v) is 4.51. The molecule has 0 amide bonds. The number of halogens is 1. The molecular formula is C14H15ClN2O. The van der Waals surface area contributed by atoms with E-state index in [-0.39, 0.29) is 5.92 Å². The molecular weight excluding hydrogens is 248 g/mol. The predicted octanol–water partition coefficient (Wildman–Crippen LogP) is 4.13. The zero-order chi connectivity index (χ0) is 13.0. The Morgan fingerprint density at radius 2 is 1.94 bits per heavy atom. The first-order valence-corrected chi connectivity index (χ1v) is 6.39. The normalized spacial score (nSPS) is 10.7. The molecule has 0 bridgehead atoms. The molecule has 0 radical (unpaired) electrons. The van der Waals surface area contributed by atoms with E-state index >= 15 is 0 Å². The Morgan fingerprint density at radius 3 is 2.56 bits per heavy atom. The standard InChI is InChI=1S/C14H15ClN2O/c1-10(2)14-16-9-13(12(8-15)17-14)18-11-6-4-3-5-7-11/h3-7,9-10H,8H2,1-2H3. The molecule has 2 aromatic rings. The monoisotopic (exact) mass is 262 g/mol. The number of nitrogens with zero attached hydrogens (tertiary/aromatic N) is 2. The highest BCUT2D eigenvalue weighted by Gasteiger charge is 2.10. The first-order chi connectivity index (χ1) is 8.70. The van der Waals surface area contributed by atoms with Crippen LogP contribution in [0.2, 0.25) is 0 Å². The summed E-state index contributed by atoms with van der Waals surface area (Å²) in [5, 5.41) is 0. The van der Waals surface area contributed by atoms with Crippen LogP contribution in [-0.4, -0.2) is 9.97 Å². The van der Waals surface area contributed by atoms with Crippen molar-refractivity contribution in [2.75, 3.05) is 0 Å². The van der Waals surface area contributed by atoms with Crippen LogP contribution in [0.5, 0.6) is 11.5 Å². The van der Waals surface area contributed by atoms with Crippen LogP contribution >= 0.6 is 11.6 Å². The lowest BCUT2D eigenvalue weighted by atomic mass is 10.2. The van der Waals surface area contributed by atoms with Crippen molar-refractivity contribution in [1.29, 1.82) is 0 Å². The third kappa shape index (κ3) is 2.99. The molecule has 0 saturated heterocycles. The number of hydrogen-bond acceptors (Lipinski definition) is 3. The Hall–Kier alpha value is -1.61. The molecule has 94 valence electrons. The molecule has 18 heavy (non-hydrogen) atoms. The summed E-state index contributed by atoms with van der Waals surface area (Å²) in [5.41, 5.74) is 0.721. The highest BCUT2D eigenvalue weighted by Crippen LogP contribution is 2.25. The summed E-state index contributed by atoms with van der Waals surface area (Å²) in [6.45, 7) is 4.09. The fraction of sp³-hybridized carbons (Fsp3) is 0.286. The lowest BCUT2D eigenvalue weighted by Gasteiger charge is -2.11. The number of benzene rings is 1. The van der Waals surface area contributed by atoms with Crippen LogP contribution in [0.15, 0.2) is 36.5 Å². The van der Waals surface area contributed by atoms with Crippen LogP contribution < -0.4 is 4.74 Å². The van der Waals surface area contributed by atoms with Crippen LogP contribution in [-0.2, 0) is 5.88 Å². The Morgan fingerprint density at radius 1 is 1.22 bits per heavy atom. The van der Waals surface area contributed by atoms with E-state index in [9.17, 15) is 0 Å². The van der Waals surface area contributed by atoms with Crippen LogP contribution in [0.3, 0.4) is 0 Å². The molecule has 0 aliphatic heterocycles. The zero-order valence-corrected chi connectivity index (χ0v) is 11.2. The van der Waals surface area contributed by atoms with E-state index in [0.717, 1.165) is 17.3 Å². The SMILES string of the molecule is CC(C)c1ncc(Oc2ccccc2)c(CCl)n1. The fourth-order valence-electron chi connectivity index (χ4n) is 1.50. The predicted molar refractivity (Wildman–Crippen MR) is 72.2 cm³/mol. The molecule has 1 heterocycles. The quantitative estimate of drug-likeness (QED) is 0.777. The van der Waals surface area contributed by atoms with Gasteiger partial charge in [0.1, 0.15) is 17.3 Å². The van der Waals surface area contributed by atoms with Gasteiger partial charge in [0, 0.05) is 5.92 Å². The molecule has 4 heteroatoms. The first kappa shape index (κ1) is 12.8. The number of alkyl halides is 1. The van der Waals surface area contributed by atoms with Crippen molar-refractivity contribution < 1.29 is 4.74 Å².